The molecule has 0 fully saturated rings. The van der Waals surface area contributed by atoms with Crippen LogP contribution in [0.3, 0.4) is 0 Å². The number of nitrogens with zero attached hydrogens (tertiary/aromatic N) is 1. The Balaban J connectivity index is 1.78. The second-order valence-corrected chi connectivity index (χ2v) is 8.48. The van der Waals surface area contributed by atoms with Crippen molar-refractivity contribution in [2.75, 3.05) is 39.9 Å². The average molecular weight is 459 g/mol. The first-order chi connectivity index (χ1) is 15.5. The summed E-state index contributed by atoms with van der Waals surface area (Å²) in [5, 5.41) is 2.94. The molecule has 1 heterocycles. The molecule has 0 bridgehead atoms. The van der Waals surface area contributed by atoms with Crippen LogP contribution >= 0.6 is 11.8 Å². The van der Waals surface area contributed by atoms with Crippen LogP contribution in [0.1, 0.15) is 27.9 Å². The highest BCUT2D eigenvalue weighted by atomic mass is 32.2. The van der Waals surface area contributed by atoms with Gasteiger partial charge in [-0.3, -0.25) is 9.59 Å². The lowest BCUT2D eigenvalue weighted by atomic mass is 9.98. The maximum Gasteiger partial charge on any atom is 0.255 e. The van der Waals surface area contributed by atoms with E-state index in [4.69, 9.17) is 14.2 Å². The molecule has 1 N–H and O–H groups in total. The van der Waals surface area contributed by atoms with Crippen LogP contribution < -0.4 is 19.5 Å². The van der Waals surface area contributed by atoms with Crippen molar-refractivity contribution in [1.29, 1.82) is 0 Å². The average Bonchev–Trinajstić information content (AvgIpc) is 2.84. The summed E-state index contributed by atoms with van der Waals surface area (Å²) in [7, 11) is 4.74. The van der Waals surface area contributed by atoms with Crippen LogP contribution in [0.15, 0.2) is 36.4 Å². The fraction of sp³-hybridized carbons (Fsp3) is 0.417. The van der Waals surface area contributed by atoms with Gasteiger partial charge in [-0.25, -0.2) is 0 Å². The third-order valence-corrected chi connectivity index (χ3v) is 6.24. The van der Waals surface area contributed by atoms with Gasteiger partial charge in [-0.1, -0.05) is 12.1 Å². The van der Waals surface area contributed by atoms with Gasteiger partial charge in [0.25, 0.3) is 5.91 Å². The van der Waals surface area contributed by atoms with Gasteiger partial charge in [0.15, 0.2) is 11.5 Å². The molecule has 0 radical (unpaired) electrons. The van der Waals surface area contributed by atoms with Gasteiger partial charge in [-0.15, -0.1) is 0 Å². The lowest BCUT2D eigenvalue weighted by molar-refractivity contribution is -0.134. The van der Waals surface area contributed by atoms with Gasteiger partial charge in [0.1, 0.15) is 11.8 Å². The second kappa shape index (κ2) is 11.1. The highest BCUT2D eigenvalue weighted by Crippen LogP contribution is 2.33. The van der Waals surface area contributed by atoms with Crippen molar-refractivity contribution < 1.29 is 23.8 Å². The molecule has 7 nitrogen and oxygen atoms in total. The van der Waals surface area contributed by atoms with Crippen LogP contribution in [-0.4, -0.2) is 62.6 Å². The molecule has 1 atom stereocenters. The minimum absolute atomic E-state index is 0.0808. The fourth-order valence-corrected chi connectivity index (χ4v) is 4.32. The monoisotopic (exact) mass is 458 g/mol. The van der Waals surface area contributed by atoms with Crippen LogP contribution in [0.5, 0.6) is 17.2 Å². The highest BCUT2D eigenvalue weighted by molar-refractivity contribution is 7.98. The predicted octanol–water partition coefficient (Wildman–Crippen LogP) is 3.15. The van der Waals surface area contributed by atoms with Crippen LogP contribution in [0.4, 0.5) is 0 Å². The van der Waals surface area contributed by atoms with E-state index in [1.807, 2.05) is 23.3 Å². The first-order valence-electron chi connectivity index (χ1n) is 10.5. The van der Waals surface area contributed by atoms with E-state index in [1.54, 1.807) is 50.2 Å². The molecule has 8 heteroatoms. The first-order valence-corrected chi connectivity index (χ1v) is 11.9. The zero-order valence-corrected chi connectivity index (χ0v) is 19.8. The molecule has 2 aromatic rings. The van der Waals surface area contributed by atoms with Crippen molar-refractivity contribution in [3.05, 3.63) is 53.1 Å². The normalized spacial score (nSPS) is 13.7. The SMILES string of the molecule is COc1cc2c(cc1OC)CN(C(=O)C(CCSC)NC(=O)c1ccccc1OC)CC2. The molecular weight excluding hydrogens is 428 g/mol. The Morgan fingerprint density at radius 1 is 1.03 bits per heavy atom. The summed E-state index contributed by atoms with van der Waals surface area (Å²) in [6.45, 7) is 1.05. The van der Waals surface area contributed by atoms with E-state index in [0.29, 0.717) is 42.3 Å². The van der Waals surface area contributed by atoms with Gasteiger partial charge in [-0.05, 0) is 60.2 Å². The number of nitrogens with one attached hydrogen (secondary N) is 1. The van der Waals surface area contributed by atoms with Gasteiger partial charge in [0.05, 0.1) is 26.9 Å². The minimum Gasteiger partial charge on any atom is -0.496 e. The number of benzene rings is 2. The number of fused-ring (bicyclic) bond motifs is 1. The maximum absolute atomic E-state index is 13.4. The van der Waals surface area contributed by atoms with E-state index in [9.17, 15) is 9.59 Å². The molecule has 0 saturated carbocycles. The Labute approximate surface area is 193 Å². The van der Waals surface area contributed by atoms with E-state index in [-0.39, 0.29) is 11.8 Å². The summed E-state index contributed by atoms with van der Waals surface area (Å²) in [5.74, 6) is 2.18. The molecule has 32 heavy (non-hydrogen) atoms. The molecule has 1 aliphatic heterocycles. The molecule has 0 spiro atoms. The summed E-state index contributed by atoms with van der Waals surface area (Å²) >= 11 is 1.65. The van der Waals surface area contributed by atoms with Crippen LogP contribution in [0.25, 0.3) is 0 Å². The zero-order valence-electron chi connectivity index (χ0n) is 19.0. The van der Waals surface area contributed by atoms with Crippen LogP contribution in [-0.2, 0) is 17.8 Å². The Morgan fingerprint density at radius 2 is 1.69 bits per heavy atom. The molecule has 2 aromatic carbocycles. The third kappa shape index (κ3) is 5.30. The van der Waals surface area contributed by atoms with Gasteiger partial charge in [0, 0.05) is 13.1 Å². The van der Waals surface area contributed by atoms with E-state index in [1.165, 1.54) is 7.11 Å². The number of thioether (sulfide) groups is 1. The molecule has 3 rings (SSSR count). The summed E-state index contributed by atoms with van der Waals surface area (Å²) in [5.41, 5.74) is 2.59. The Kier molecular flexibility index (Phi) is 8.27. The van der Waals surface area contributed by atoms with E-state index in [0.717, 1.165) is 23.3 Å². The number of carbonyl (C=O) groups is 2. The number of hydrogen-bond acceptors (Lipinski definition) is 6. The first kappa shape index (κ1) is 23.8. The van der Waals surface area contributed by atoms with Crippen molar-refractivity contribution in [1.82, 2.24) is 10.2 Å². The maximum atomic E-state index is 13.4. The topological polar surface area (TPSA) is 77.1 Å². The molecule has 0 aliphatic carbocycles. The zero-order chi connectivity index (χ0) is 23.1. The van der Waals surface area contributed by atoms with Crippen LogP contribution in [0.2, 0.25) is 0 Å². The number of rotatable bonds is 9. The lowest BCUT2D eigenvalue weighted by Gasteiger charge is -2.32. The number of ether oxygens (including phenoxy) is 3. The highest BCUT2D eigenvalue weighted by Gasteiger charge is 2.30. The van der Waals surface area contributed by atoms with Gasteiger partial charge < -0.3 is 24.4 Å². The van der Waals surface area contributed by atoms with Gasteiger partial charge >= 0.3 is 0 Å². The molecular formula is C24H30N2O5S. The number of para-hydroxylation sites is 1. The molecule has 1 unspecified atom stereocenters. The van der Waals surface area contributed by atoms with E-state index >= 15 is 0 Å². The third-order valence-electron chi connectivity index (χ3n) is 5.60. The van der Waals surface area contributed by atoms with Crippen molar-refractivity contribution in [3.63, 3.8) is 0 Å². The second-order valence-electron chi connectivity index (χ2n) is 7.49. The Bertz CT molecular complexity index is 965. The van der Waals surface area contributed by atoms with Gasteiger partial charge in [-0.2, -0.15) is 11.8 Å². The summed E-state index contributed by atoms with van der Waals surface area (Å²) in [6.07, 6.45) is 3.26. The number of hydrogen-bond donors (Lipinski definition) is 1. The Hall–Kier alpha value is -2.87. The fourth-order valence-electron chi connectivity index (χ4n) is 3.85. The van der Waals surface area contributed by atoms with Crippen molar-refractivity contribution in [2.24, 2.45) is 0 Å². The molecule has 0 aromatic heterocycles. The minimum atomic E-state index is -0.610. The Morgan fingerprint density at radius 3 is 2.34 bits per heavy atom. The molecule has 172 valence electrons. The molecule has 0 saturated heterocycles. The predicted molar refractivity (Wildman–Crippen MR) is 126 cm³/mol. The summed E-state index contributed by atoms with van der Waals surface area (Å²) in [4.78, 5) is 28.2. The van der Waals surface area contributed by atoms with Crippen molar-refractivity contribution in [3.8, 4) is 17.2 Å². The van der Waals surface area contributed by atoms with E-state index < -0.39 is 6.04 Å². The quantitative estimate of drug-likeness (QED) is 0.622. The molecule has 1 aliphatic rings. The molecule has 2 amide bonds. The number of amides is 2. The summed E-state index contributed by atoms with van der Waals surface area (Å²) < 4.78 is 16.1. The van der Waals surface area contributed by atoms with E-state index in [2.05, 4.69) is 5.32 Å². The van der Waals surface area contributed by atoms with Gasteiger partial charge in [0.2, 0.25) is 5.91 Å². The summed E-state index contributed by atoms with van der Waals surface area (Å²) in [6, 6.07) is 10.3. The standard InChI is InChI=1S/C24H30N2O5S/c1-29-20-8-6-5-7-18(20)23(27)25-19(10-12-32-4)24(28)26-11-9-16-13-21(30-2)22(31-3)14-17(16)15-26/h5-8,13-14,19H,9-12,15H2,1-4H3,(H,25,27). The smallest absolute Gasteiger partial charge is 0.255 e. The van der Waals surface area contributed by atoms with Crippen LogP contribution in [0, 0.1) is 0 Å². The van der Waals surface area contributed by atoms with Crippen molar-refractivity contribution >= 4 is 23.6 Å². The van der Waals surface area contributed by atoms with Crippen molar-refractivity contribution in [2.45, 2.75) is 25.4 Å². The number of carbonyl (C=O) groups excluding carboxylic acids is 2. The lowest BCUT2D eigenvalue weighted by Crippen LogP contribution is -2.50. The number of methoxy groups -OCH3 is 3. The largest absolute Gasteiger partial charge is 0.496 e.